The van der Waals surface area contributed by atoms with Crippen LogP contribution in [0.25, 0.3) is 0 Å². The van der Waals surface area contributed by atoms with Gasteiger partial charge in [0.2, 0.25) is 11.8 Å². The summed E-state index contributed by atoms with van der Waals surface area (Å²) in [5.41, 5.74) is 4.62. The first-order chi connectivity index (χ1) is 8.24. The Kier molecular flexibility index (Phi) is 3.89. The molecule has 0 aromatic carbocycles. The highest BCUT2D eigenvalue weighted by Crippen LogP contribution is 2.28. The molecule has 0 bridgehead atoms. The fourth-order valence-corrected chi connectivity index (χ4v) is 1.29. The number of nitrogens with zero attached hydrogens (tertiary/aromatic N) is 4. The summed E-state index contributed by atoms with van der Waals surface area (Å²) < 4.78 is 37.0. The summed E-state index contributed by atoms with van der Waals surface area (Å²) in [6, 6.07) is 0. The SMILES string of the molecule is CCN(CC(F)(F)F)c1nc(N)ncc1[N+](=O)[O-]. The van der Waals surface area contributed by atoms with Gasteiger partial charge in [-0.2, -0.15) is 18.2 Å². The molecule has 0 radical (unpaired) electrons. The summed E-state index contributed by atoms with van der Waals surface area (Å²) in [5.74, 6) is -0.761. The van der Waals surface area contributed by atoms with Crippen LogP contribution in [0.15, 0.2) is 6.20 Å². The summed E-state index contributed by atoms with van der Waals surface area (Å²) >= 11 is 0. The van der Waals surface area contributed by atoms with Crippen LogP contribution in [0.3, 0.4) is 0 Å². The number of alkyl halides is 3. The van der Waals surface area contributed by atoms with E-state index in [4.69, 9.17) is 5.73 Å². The maximum Gasteiger partial charge on any atom is 0.405 e. The van der Waals surface area contributed by atoms with Crippen LogP contribution in [0.4, 0.5) is 30.6 Å². The van der Waals surface area contributed by atoms with E-state index in [2.05, 4.69) is 9.97 Å². The molecular weight excluding hydrogens is 255 g/mol. The molecule has 0 fully saturated rings. The Morgan fingerprint density at radius 2 is 2.17 bits per heavy atom. The van der Waals surface area contributed by atoms with Crippen molar-refractivity contribution in [2.24, 2.45) is 0 Å². The van der Waals surface area contributed by atoms with Crippen molar-refractivity contribution in [3.63, 3.8) is 0 Å². The van der Waals surface area contributed by atoms with Crippen molar-refractivity contribution in [3.05, 3.63) is 16.3 Å². The number of nitro groups is 1. The van der Waals surface area contributed by atoms with Gasteiger partial charge >= 0.3 is 11.9 Å². The Morgan fingerprint density at radius 3 is 2.61 bits per heavy atom. The first kappa shape index (κ1) is 13.9. The number of hydrogen-bond donors (Lipinski definition) is 1. The highest BCUT2D eigenvalue weighted by atomic mass is 19.4. The molecule has 1 aromatic rings. The molecule has 1 rings (SSSR count). The predicted octanol–water partition coefficient (Wildman–Crippen LogP) is 1.36. The first-order valence-electron chi connectivity index (χ1n) is 4.83. The van der Waals surface area contributed by atoms with Gasteiger partial charge in [-0.25, -0.2) is 4.98 Å². The lowest BCUT2D eigenvalue weighted by Crippen LogP contribution is -2.35. The second-order valence-electron chi connectivity index (χ2n) is 3.32. The van der Waals surface area contributed by atoms with E-state index in [1.165, 1.54) is 6.92 Å². The lowest BCUT2D eigenvalue weighted by atomic mass is 10.4. The van der Waals surface area contributed by atoms with Gasteiger partial charge in [-0.05, 0) is 6.92 Å². The van der Waals surface area contributed by atoms with Crippen LogP contribution in [-0.2, 0) is 0 Å². The Labute approximate surface area is 99.6 Å². The molecule has 10 heteroatoms. The summed E-state index contributed by atoms with van der Waals surface area (Å²) in [4.78, 5) is 17.5. The van der Waals surface area contributed by atoms with E-state index in [0.29, 0.717) is 0 Å². The zero-order valence-corrected chi connectivity index (χ0v) is 9.31. The van der Waals surface area contributed by atoms with Crippen molar-refractivity contribution in [1.82, 2.24) is 9.97 Å². The molecule has 1 aromatic heterocycles. The van der Waals surface area contributed by atoms with Crippen molar-refractivity contribution < 1.29 is 18.1 Å². The lowest BCUT2D eigenvalue weighted by Gasteiger charge is -2.22. The second kappa shape index (κ2) is 5.02. The van der Waals surface area contributed by atoms with Crippen LogP contribution in [0.2, 0.25) is 0 Å². The smallest absolute Gasteiger partial charge is 0.368 e. The van der Waals surface area contributed by atoms with Crippen LogP contribution < -0.4 is 10.6 Å². The molecule has 0 saturated carbocycles. The fourth-order valence-electron chi connectivity index (χ4n) is 1.29. The van der Waals surface area contributed by atoms with Crippen LogP contribution >= 0.6 is 0 Å². The molecule has 1 heterocycles. The van der Waals surface area contributed by atoms with Crippen molar-refractivity contribution in [2.45, 2.75) is 13.1 Å². The minimum Gasteiger partial charge on any atom is -0.368 e. The molecule has 0 amide bonds. The summed E-state index contributed by atoms with van der Waals surface area (Å²) in [6.45, 7) is -0.0225. The summed E-state index contributed by atoms with van der Waals surface area (Å²) in [7, 11) is 0. The van der Waals surface area contributed by atoms with Crippen LogP contribution in [0.5, 0.6) is 0 Å². The van der Waals surface area contributed by atoms with Crippen molar-refractivity contribution in [2.75, 3.05) is 23.7 Å². The lowest BCUT2D eigenvalue weighted by molar-refractivity contribution is -0.384. The molecule has 18 heavy (non-hydrogen) atoms. The van der Waals surface area contributed by atoms with E-state index in [1.54, 1.807) is 0 Å². The number of halogens is 3. The molecule has 0 saturated heterocycles. The third-order valence-electron chi connectivity index (χ3n) is 2.02. The quantitative estimate of drug-likeness (QED) is 0.651. The Morgan fingerprint density at radius 1 is 1.56 bits per heavy atom. The molecule has 0 aliphatic carbocycles. The highest BCUT2D eigenvalue weighted by molar-refractivity contribution is 5.58. The van der Waals surface area contributed by atoms with Gasteiger partial charge in [0.15, 0.2) is 0 Å². The largest absolute Gasteiger partial charge is 0.405 e. The topological polar surface area (TPSA) is 98.2 Å². The van der Waals surface area contributed by atoms with E-state index < -0.39 is 29.1 Å². The molecule has 100 valence electrons. The molecule has 0 spiro atoms. The molecule has 0 aliphatic heterocycles. The fraction of sp³-hybridized carbons (Fsp3) is 0.500. The zero-order valence-electron chi connectivity index (χ0n) is 9.31. The van der Waals surface area contributed by atoms with E-state index in [0.717, 1.165) is 11.1 Å². The summed E-state index contributed by atoms with van der Waals surface area (Å²) in [6.07, 6.45) is -3.71. The molecule has 0 aliphatic rings. The molecular formula is C8H10F3N5O2. The van der Waals surface area contributed by atoms with Gasteiger partial charge in [0.05, 0.1) is 4.92 Å². The Hall–Kier alpha value is -2.13. The molecule has 0 atom stereocenters. The standard InChI is InChI=1S/C8H10F3N5O2/c1-2-15(4-8(9,10)11)6-5(16(17)18)3-13-7(12)14-6/h3H,2,4H2,1H3,(H2,12,13,14). The number of nitrogens with two attached hydrogens (primary N) is 1. The zero-order chi connectivity index (χ0) is 13.9. The third kappa shape index (κ3) is 3.43. The van der Waals surface area contributed by atoms with Crippen LogP contribution in [0.1, 0.15) is 6.92 Å². The molecule has 0 unspecified atom stereocenters. The van der Waals surface area contributed by atoms with Crippen LogP contribution in [-0.4, -0.2) is 34.2 Å². The minimum absolute atomic E-state index is 0.100. The minimum atomic E-state index is -4.50. The number of hydrogen-bond acceptors (Lipinski definition) is 6. The number of rotatable bonds is 4. The van der Waals surface area contributed by atoms with Gasteiger partial charge in [-0.1, -0.05) is 0 Å². The van der Waals surface area contributed by atoms with Gasteiger partial charge in [0.25, 0.3) is 0 Å². The van der Waals surface area contributed by atoms with Crippen LogP contribution in [0, 0.1) is 10.1 Å². The molecule has 2 N–H and O–H groups in total. The van der Waals surface area contributed by atoms with Gasteiger partial charge in [-0.3, -0.25) is 10.1 Å². The summed E-state index contributed by atoms with van der Waals surface area (Å²) in [5, 5.41) is 10.7. The maximum atomic E-state index is 12.3. The van der Waals surface area contributed by atoms with E-state index in [1.807, 2.05) is 0 Å². The van der Waals surface area contributed by atoms with E-state index >= 15 is 0 Å². The monoisotopic (exact) mass is 265 g/mol. The highest BCUT2D eigenvalue weighted by Gasteiger charge is 2.33. The Balaban J connectivity index is 3.19. The number of anilines is 2. The number of aromatic nitrogens is 2. The second-order valence-corrected chi connectivity index (χ2v) is 3.32. The normalized spacial score (nSPS) is 11.3. The van der Waals surface area contributed by atoms with Gasteiger partial charge in [0, 0.05) is 6.54 Å². The van der Waals surface area contributed by atoms with Crippen molar-refractivity contribution in [1.29, 1.82) is 0 Å². The average Bonchev–Trinajstić information content (AvgIpc) is 2.24. The predicted molar refractivity (Wildman–Crippen MR) is 57.0 cm³/mol. The average molecular weight is 265 g/mol. The number of nitrogen functional groups attached to an aromatic ring is 1. The van der Waals surface area contributed by atoms with Gasteiger partial charge < -0.3 is 10.6 Å². The van der Waals surface area contributed by atoms with Crippen molar-refractivity contribution in [3.8, 4) is 0 Å². The van der Waals surface area contributed by atoms with E-state index in [9.17, 15) is 23.3 Å². The van der Waals surface area contributed by atoms with E-state index in [-0.39, 0.29) is 12.5 Å². The third-order valence-corrected chi connectivity index (χ3v) is 2.02. The molecule has 7 nitrogen and oxygen atoms in total. The van der Waals surface area contributed by atoms with Gasteiger partial charge in [-0.15, -0.1) is 0 Å². The van der Waals surface area contributed by atoms with Gasteiger partial charge in [0.1, 0.15) is 12.7 Å². The maximum absolute atomic E-state index is 12.3. The Bertz CT molecular complexity index is 451. The van der Waals surface area contributed by atoms with Crippen molar-refractivity contribution >= 4 is 17.5 Å². The first-order valence-corrected chi connectivity index (χ1v) is 4.83.